The normalized spacial score (nSPS) is 10.2. The molecule has 5 heteroatoms. The summed E-state index contributed by atoms with van der Waals surface area (Å²) < 4.78 is 0. The summed E-state index contributed by atoms with van der Waals surface area (Å²) in [7, 11) is 0. The molecule has 1 aromatic heterocycles. The molecule has 0 radical (unpaired) electrons. The third kappa shape index (κ3) is 2.43. The standard InChI is InChI=1S/C13H14N4O/c1-2-3-4-7-15-13(18)12-10-8-9(14)5-6-11(10)16-17-12/h1,5-6,8H,3-4,7,14H2,(H,15,18)(H,16,17). The zero-order valence-electron chi connectivity index (χ0n) is 9.86. The number of benzene rings is 1. The maximum atomic E-state index is 11.9. The van der Waals surface area contributed by atoms with Gasteiger partial charge in [-0.3, -0.25) is 9.89 Å². The maximum Gasteiger partial charge on any atom is 0.272 e. The van der Waals surface area contributed by atoms with Crippen LogP contribution in [0.15, 0.2) is 18.2 Å². The van der Waals surface area contributed by atoms with Gasteiger partial charge in [0.1, 0.15) is 0 Å². The topological polar surface area (TPSA) is 83.8 Å². The van der Waals surface area contributed by atoms with Crippen molar-refractivity contribution < 1.29 is 4.79 Å². The van der Waals surface area contributed by atoms with E-state index in [0.717, 1.165) is 17.3 Å². The zero-order valence-corrected chi connectivity index (χ0v) is 9.86. The first-order valence-corrected chi connectivity index (χ1v) is 5.67. The van der Waals surface area contributed by atoms with Gasteiger partial charge >= 0.3 is 0 Å². The van der Waals surface area contributed by atoms with Crippen molar-refractivity contribution in [3.63, 3.8) is 0 Å². The van der Waals surface area contributed by atoms with Crippen molar-refractivity contribution in [3.8, 4) is 12.3 Å². The highest BCUT2D eigenvalue weighted by Gasteiger charge is 2.13. The Kier molecular flexibility index (Phi) is 3.49. The van der Waals surface area contributed by atoms with Crippen LogP contribution in [0.1, 0.15) is 23.3 Å². The molecule has 1 aromatic carbocycles. The second-order valence-corrected chi connectivity index (χ2v) is 3.94. The van der Waals surface area contributed by atoms with Gasteiger partial charge in [-0.05, 0) is 24.6 Å². The molecule has 0 saturated heterocycles. The number of H-pyrrole nitrogens is 1. The fourth-order valence-corrected chi connectivity index (χ4v) is 1.68. The molecule has 2 aromatic rings. The molecule has 4 N–H and O–H groups in total. The molecule has 5 nitrogen and oxygen atoms in total. The Bertz CT molecular complexity index is 609. The number of nitrogens with one attached hydrogen (secondary N) is 2. The number of nitrogens with two attached hydrogens (primary N) is 1. The highest BCUT2D eigenvalue weighted by Crippen LogP contribution is 2.18. The molecular weight excluding hydrogens is 228 g/mol. The molecule has 0 aliphatic heterocycles. The van der Waals surface area contributed by atoms with E-state index in [-0.39, 0.29) is 5.91 Å². The van der Waals surface area contributed by atoms with E-state index in [1.54, 1.807) is 18.2 Å². The van der Waals surface area contributed by atoms with Crippen molar-refractivity contribution in [2.45, 2.75) is 12.8 Å². The highest BCUT2D eigenvalue weighted by atomic mass is 16.1. The minimum absolute atomic E-state index is 0.219. The molecule has 0 bridgehead atoms. The largest absolute Gasteiger partial charge is 0.399 e. The number of rotatable bonds is 4. The summed E-state index contributed by atoms with van der Waals surface area (Å²) in [5.41, 5.74) is 7.45. The maximum absolute atomic E-state index is 11.9. The van der Waals surface area contributed by atoms with Gasteiger partial charge in [0.05, 0.1) is 5.52 Å². The number of hydrogen-bond acceptors (Lipinski definition) is 3. The van der Waals surface area contributed by atoms with Crippen LogP contribution in [0.5, 0.6) is 0 Å². The molecule has 0 saturated carbocycles. The SMILES string of the molecule is C#CCCCNC(=O)c1n[nH]c2ccc(N)cc12. The monoisotopic (exact) mass is 242 g/mol. The van der Waals surface area contributed by atoms with Crippen molar-refractivity contribution in [2.24, 2.45) is 0 Å². The lowest BCUT2D eigenvalue weighted by Gasteiger charge is -2.01. The minimum Gasteiger partial charge on any atom is -0.399 e. The summed E-state index contributed by atoms with van der Waals surface area (Å²) in [5.74, 6) is 2.31. The van der Waals surface area contributed by atoms with Gasteiger partial charge in [-0.1, -0.05) is 0 Å². The Morgan fingerprint density at radius 2 is 2.39 bits per heavy atom. The molecule has 0 aliphatic carbocycles. The molecule has 18 heavy (non-hydrogen) atoms. The molecule has 0 spiro atoms. The first-order valence-electron chi connectivity index (χ1n) is 5.67. The number of carbonyl (C=O) groups excluding carboxylic acids is 1. The van der Waals surface area contributed by atoms with Crippen molar-refractivity contribution in [1.29, 1.82) is 0 Å². The number of anilines is 1. The van der Waals surface area contributed by atoms with Gasteiger partial charge in [0.2, 0.25) is 0 Å². The van der Waals surface area contributed by atoms with Crippen LogP contribution >= 0.6 is 0 Å². The van der Waals surface area contributed by atoms with Crippen LogP contribution in [0.3, 0.4) is 0 Å². The van der Waals surface area contributed by atoms with Crippen LogP contribution in [-0.4, -0.2) is 22.6 Å². The van der Waals surface area contributed by atoms with Gasteiger partial charge in [0.25, 0.3) is 5.91 Å². The van der Waals surface area contributed by atoms with Gasteiger partial charge in [-0.15, -0.1) is 12.3 Å². The van der Waals surface area contributed by atoms with E-state index in [4.69, 9.17) is 12.2 Å². The molecule has 1 amide bonds. The molecule has 0 fully saturated rings. The quantitative estimate of drug-likeness (QED) is 0.429. The zero-order chi connectivity index (χ0) is 13.0. The Labute approximate surface area is 105 Å². The van der Waals surface area contributed by atoms with Gasteiger partial charge in [-0.25, -0.2) is 0 Å². The fourth-order valence-electron chi connectivity index (χ4n) is 1.68. The predicted octanol–water partition coefficient (Wildman–Crippen LogP) is 1.29. The number of fused-ring (bicyclic) bond motifs is 1. The van der Waals surface area contributed by atoms with Crippen molar-refractivity contribution in [1.82, 2.24) is 15.5 Å². The van der Waals surface area contributed by atoms with Crippen LogP contribution in [0.25, 0.3) is 10.9 Å². The van der Waals surface area contributed by atoms with Crippen molar-refractivity contribution in [2.75, 3.05) is 12.3 Å². The van der Waals surface area contributed by atoms with Crippen molar-refractivity contribution in [3.05, 3.63) is 23.9 Å². The Morgan fingerprint density at radius 3 is 3.17 bits per heavy atom. The lowest BCUT2D eigenvalue weighted by molar-refractivity contribution is 0.0950. The van der Waals surface area contributed by atoms with E-state index >= 15 is 0 Å². The number of amides is 1. The summed E-state index contributed by atoms with van der Waals surface area (Å²) in [6, 6.07) is 5.29. The summed E-state index contributed by atoms with van der Waals surface area (Å²) in [5, 5.41) is 10.3. The van der Waals surface area contributed by atoms with E-state index in [1.165, 1.54) is 0 Å². The molecule has 2 rings (SSSR count). The van der Waals surface area contributed by atoms with Gasteiger partial charge in [0, 0.05) is 24.0 Å². The number of carbonyl (C=O) groups is 1. The van der Waals surface area contributed by atoms with Crippen LogP contribution in [-0.2, 0) is 0 Å². The number of unbranched alkanes of at least 4 members (excludes halogenated alkanes) is 1. The molecule has 0 unspecified atom stereocenters. The fraction of sp³-hybridized carbons (Fsp3) is 0.231. The van der Waals surface area contributed by atoms with Crippen LogP contribution in [0.4, 0.5) is 5.69 Å². The Morgan fingerprint density at radius 1 is 1.56 bits per heavy atom. The van der Waals surface area contributed by atoms with E-state index in [0.29, 0.717) is 24.3 Å². The number of terminal acetylenes is 1. The average molecular weight is 242 g/mol. The first-order chi connectivity index (χ1) is 8.72. The van der Waals surface area contributed by atoms with Gasteiger partial charge in [-0.2, -0.15) is 5.10 Å². The van der Waals surface area contributed by atoms with Crippen molar-refractivity contribution >= 4 is 22.5 Å². The highest BCUT2D eigenvalue weighted by molar-refractivity contribution is 6.05. The van der Waals surface area contributed by atoms with E-state index < -0.39 is 0 Å². The van der Waals surface area contributed by atoms with Crippen LogP contribution in [0.2, 0.25) is 0 Å². The molecular formula is C13H14N4O. The second-order valence-electron chi connectivity index (χ2n) is 3.94. The lowest BCUT2D eigenvalue weighted by atomic mass is 10.2. The third-order valence-electron chi connectivity index (χ3n) is 2.59. The molecule has 1 heterocycles. The van der Waals surface area contributed by atoms with Crippen LogP contribution < -0.4 is 11.1 Å². The molecule has 0 atom stereocenters. The third-order valence-corrected chi connectivity index (χ3v) is 2.59. The summed E-state index contributed by atoms with van der Waals surface area (Å²) in [6.07, 6.45) is 6.54. The lowest BCUT2D eigenvalue weighted by Crippen LogP contribution is -2.24. The summed E-state index contributed by atoms with van der Waals surface area (Å²) >= 11 is 0. The average Bonchev–Trinajstić information content (AvgIpc) is 2.77. The van der Waals surface area contributed by atoms with Crippen LogP contribution in [0, 0.1) is 12.3 Å². The number of aromatic amines is 1. The predicted molar refractivity (Wildman–Crippen MR) is 70.9 cm³/mol. The minimum atomic E-state index is -0.219. The molecule has 0 aliphatic rings. The summed E-state index contributed by atoms with van der Waals surface area (Å²) in [4.78, 5) is 11.9. The van der Waals surface area contributed by atoms with Gasteiger partial charge < -0.3 is 11.1 Å². The Hall–Kier alpha value is -2.48. The summed E-state index contributed by atoms with van der Waals surface area (Å²) in [6.45, 7) is 0.541. The number of nitrogens with zero attached hydrogens (tertiary/aromatic N) is 1. The van der Waals surface area contributed by atoms with E-state index in [2.05, 4.69) is 21.4 Å². The van der Waals surface area contributed by atoms with E-state index in [1.807, 2.05) is 0 Å². The first kappa shape index (κ1) is 12.0. The number of nitrogen functional groups attached to an aromatic ring is 1. The van der Waals surface area contributed by atoms with Gasteiger partial charge in [0.15, 0.2) is 5.69 Å². The Balaban J connectivity index is 2.13. The number of aromatic nitrogens is 2. The smallest absolute Gasteiger partial charge is 0.272 e. The van der Waals surface area contributed by atoms with E-state index in [9.17, 15) is 4.79 Å². The number of hydrogen-bond donors (Lipinski definition) is 3. The second kappa shape index (κ2) is 5.23. The molecule has 92 valence electrons.